The van der Waals surface area contributed by atoms with Crippen LogP contribution >= 0.6 is 0 Å². The third-order valence-electron chi connectivity index (χ3n) is 5.68. The molecule has 1 aromatic rings. The Hall–Kier alpha value is -1.49. The van der Waals surface area contributed by atoms with Crippen molar-refractivity contribution in [1.29, 1.82) is 0 Å². The van der Waals surface area contributed by atoms with E-state index in [1.165, 1.54) is 8.61 Å². The zero-order valence-corrected chi connectivity index (χ0v) is 18.3. The molecule has 1 amide bonds. The summed E-state index contributed by atoms with van der Waals surface area (Å²) < 4.78 is 51.9. The summed E-state index contributed by atoms with van der Waals surface area (Å²) in [5.41, 5.74) is 0.824. The van der Waals surface area contributed by atoms with Gasteiger partial charge in [0.15, 0.2) is 0 Å². The van der Waals surface area contributed by atoms with Crippen molar-refractivity contribution >= 4 is 26.0 Å². The molecule has 0 unspecified atom stereocenters. The Morgan fingerprint density at radius 1 is 0.966 bits per heavy atom. The zero-order chi connectivity index (χ0) is 21.1. The van der Waals surface area contributed by atoms with Crippen LogP contribution in [0.4, 0.5) is 0 Å². The minimum absolute atomic E-state index is 0.0767. The van der Waals surface area contributed by atoms with Gasteiger partial charge in [0.25, 0.3) is 0 Å². The van der Waals surface area contributed by atoms with Crippen molar-refractivity contribution in [2.75, 3.05) is 31.9 Å². The first-order valence-electron chi connectivity index (χ1n) is 10.1. The van der Waals surface area contributed by atoms with E-state index in [2.05, 4.69) is 5.32 Å². The maximum Gasteiger partial charge on any atom is 0.243 e. The average molecular weight is 444 g/mol. The zero-order valence-electron chi connectivity index (χ0n) is 16.7. The number of amides is 1. The Morgan fingerprint density at radius 3 is 2.10 bits per heavy atom. The van der Waals surface area contributed by atoms with Gasteiger partial charge in [0.2, 0.25) is 26.0 Å². The monoisotopic (exact) mass is 443 g/mol. The Morgan fingerprint density at radius 2 is 1.55 bits per heavy atom. The number of carbonyl (C=O) groups is 1. The molecule has 2 saturated heterocycles. The number of nitrogens with one attached hydrogen (secondary N) is 1. The quantitative estimate of drug-likeness (QED) is 0.681. The average Bonchev–Trinajstić information content (AvgIpc) is 3.28. The van der Waals surface area contributed by atoms with E-state index in [1.54, 1.807) is 31.2 Å². The van der Waals surface area contributed by atoms with Gasteiger partial charge >= 0.3 is 0 Å². The lowest BCUT2D eigenvalue weighted by Crippen LogP contribution is -2.43. The van der Waals surface area contributed by atoms with E-state index in [1.807, 2.05) is 0 Å². The van der Waals surface area contributed by atoms with Crippen LogP contribution in [0.15, 0.2) is 29.2 Å². The Labute approximate surface area is 173 Å². The van der Waals surface area contributed by atoms with Gasteiger partial charge in [-0.2, -0.15) is 4.31 Å². The molecular weight excluding hydrogens is 414 g/mol. The maximum absolute atomic E-state index is 12.5. The molecule has 0 saturated carbocycles. The molecule has 8 nitrogen and oxygen atoms in total. The lowest BCUT2D eigenvalue weighted by atomic mass is 9.97. The molecule has 162 valence electrons. The molecule has 3 rings (SSSR count). The molecule has 0 spiro atoms. The molecule has 10 heteroatoms. The molecule has 2 heterocycles. The number of rotatable bonds is 7. The second kappa shape index (κ2) is 9.11. The molecule has 2 fully saturated rings. The van der Waals surface area contributed by atoms with Gasteiger partial charge in [0.05, 0.1) is 10.6 Å². The number of nitrogens with zero attached hydrogens (tertiary/aromatic N) is 2. The first-order chi connectivity index (χ1) is 13.7. The fourth-order valence-corrected chi connectivity index (χ4v) is 6.42. The van der Waals surface area contributed by atoms with Crippen molar-refractivity contribution in [1.82, 2.24) is 13.9 Å². The number of benzene rings is 1. The van der Waals surface area contributed by atoms with Gasteiger partial charge in [-0.15, -0.1) is 0 Å². The highest BCUT2D eigenvalue weighted by atomic mass is 32.2. The van der Waals surface area contributed by atoms with Crippen LogP contribution in [0.25, 0.3) is 0 Å². The highest BCUT2D eigenvalue weighted by molar-refractivity contribution is 7.89. The summed E-state index contributed by atoms with van der Waals surface area (Å²) in [6, 6.07) is 6.62. The second-order valence-electron chi connectivity index (χ2n) is 7.55. The van der Waals surface area contributed by atoms with Crippen LogP contribution in [0, 0.1) is 5.92 Å². The van der Waals surface area contributed by atoms with Gasteiger partial charge in [-0.05, 0) is 50.3 Å². The molecule has 2 aliphatic rings. The maximum atomic E-state index is 12.5. The van der Waals surface area contributed by atoms with Crippen LogP contribution in [0.5, 0.6) is 0 Å². The van der Waals surface area contributed by atoms with Crippen molar-refractivity contribution in [2.24, 2.45) is 5.92 Å². The van der Waals surface area contributed by atoms with Crippen molar-refractivity contribution in [3.8, 4) is 0 Å². The first kappa shape index (κ1) is 22.2. The Bertz CT molecular complexity index is 915. The van der Waals surface area contributed by atoms with Crippen molar-refractivity contribution in [3.63, 3.8) is 0 Å². The Kier molecular flexibility index (Phi) is 6.98. The normalized spacial score (nSPS) is 20.0. The third kappa shape index (κ3) is 5.17. The number of carbonyl (C=O) groups excluding carboxylic acids is 1. The summed E-state index contributed by atoms with van der Waals surface area (Å²) in [5, 5.41) is 2.88. The topological polar surface area (TPSA) is 104 Å². The first-order valence-corrected chi connectivity index (χ1v) is 13.1. The van der Waals surface area contributed by atoms with E-state index < -0.39 is 20.0 Å². The number of piperidine rings is 1. The van der Waals surface area contributed by atoms with E-state index in [0.29, 0.717) is 45.6 Å². The number of hydrogen-bond acceptors (Lipinski definition) is 5. The summed E-state index contributed by atoms with van der Waals surface area (Å²) in [7, 11) is -6.63. The largest absolute Gasteiger partial charge is 0.352 e. The highest BCUT2D eigenvalue weighted by Gasteiger charge is 2.30. The lowest BCUT2D eigenvalue weighted by molar-refractivity contribution is -0.126. The van der Waals surface area contributed by atoms with Crippen LogP contribution in [-0.2, 0) is 31.4 Å². The smallest absolute Gasteiger partial charge is 0.243 e. The standard InChI is InChI=1S/C19H29N3O5S2/c1-2-28(24,25)21-13-9-17(10-14-21)19(23)20-15-16-5-7-18(8-6-16)29(26,27)22-11-3-4-12-22/h5-8,17H,2-4,9-15H2,1H3,(H,20,23). The van der Waals surface area contributed by atoms with Gasteiger partial charge in [-0.1, -0.05) is 12.1 Å². The molecule has 0 atom stereocenters. The van der Waals surface area contributed by atoms with Gasteiger partial charge in [0.1, 0.15) is 0 Å². The minimum atomic E-state index is -3.43. The fraction of sp³-hybridized carbons (Fsp3) is 0.632. The van der Waals surface area contributed by atoms with Gasteiger partial charge in [-0.3, -0.25) is 4.79 Å². The Balaban J connectivity index is 1.51. The van der Waals surface area contributed by atoms with E-state index in [9.17, 15) is 21.6 Å². The molecule has 0 bridgehead atoms. The van der Waals surface area contributed by atoms with E-state index in [-0.39, 0.29) is 22.5 Å². The second-order valence-corrected chi connectivity index (χ2v) is 11.7. The predicted molar refractivity (Wildman–Crippen MR) is 110 cm³/mol. The molecular formula is C19H29N3O5S2. The summed E-state index contributed by atoms with van der Waals surface area (Å²) in [5.74, 6) is -0.215. The summed E-state index contributed by atoms with van der Waals surface area (Å²) in [4.78, 5) is 12.7. The molecule has 1 aromatic carbocycles. The number of sulfonamides is 2. The molecule has 29 heavy (non-hydrogen) atoms. The van der Waals surface area contributed by atoms with Gasteiger partial charge < -0.3 is 5.32 Å². The summed E-state index contributed by atoms with van der Waals surface area (Å²) in [6.07, 6.45) is 2.81. The van der Waals surface area contributed by atoms with Gasteiger partial charge in [-0.25, -0.2) is 21.1 Å². The SMILES string of the molecule is CCS(=O)(=O)N1CCC(C(=O)NCc2ccc(S(=O)(=O)N3CCCC3)cc2)CC1. The molecule has 0 aromatic heterocycles. The fourth-order valence-electron chi connectivity index (χ4n) is 3.77. The van der Waals surface area contributed by atoms with Crippen LogP contribution < -0.4 is 5.32 Å². The molecule has 0 aliphatic carbocycles. The van der Waals surface area contributed by atoms with Crippen LogP contribution in [-0.4, -0.2) is 63.3 Å². The molecule has 2 aliphatic heterocycles. The van der Waals surface area contributed by atoms with E-state index >= 15 is 0 Å². The summed E-state index contributed by atoms with van der Waals surface area (Å²) >= 11 is 0. The van der Waals surface area contributed by atoms with Crippen LogP contribution in [0.3, 0.4) is 0 Å². The van der Waals surface area contributed by atoms with Crippen molar-refractivity contribution < 1.29 is 21.6 Å². The van der Waals surface area contributed by atoms with Crippen LogP contribution in [0.1, 0.15) is 38.2 Å². The molecule has 0 radical (unpaired) electrons. The summed E-state index contributed by atoms with van der Waals surface area (Å²) in [6.45, 7) is 3.82. The predicted octanol–water partition coefficient (Wildman–Crippen LogP) is 1.15. The third-order valence-corrected chi connectivity index (χ3v) is 9.47. The number of hydrogen-bond donors (Lipinski definition) is 1. The molecule has 1 N–H and O–H groups in total. The van der Waals surface area contributed by atoms with Crippen LogP contribution in [0.2, 0.25) is 0 Å². The van der Waals surface area contributed by atoms with Crippen molar-refractivity contribution in [2.45, 2.75) is 44.0 Å². The lowest BCUT2D eigenvalue weighted by Gasteiger charge is -2.30. The van der Waals surface area contributed by atoms with E-state index in [0.717, 1.165) is 18.4 Å². The minimum Gasteiger partial charge on any atom is -0.352 e. The van der Waals surface area contributed by atoms with Gasteiger partial charge in [0, 0.05) is 38.6 Å². The van der Waals surface area contributed by atoms with Crippen molar-refractivity contribution in [3.05, 3.63) is 29.8 Å². The van der Waals surface area contributed by atoms with E-state index in [4.69, 9.17) is 0 Å². The highest BCUT2D eigenvalue weighted by Crippen LogP contribution is 2.22.